The van der Waals surface area contributed by atoms with E-state index in [1.807, 2.05) is 48.5 Å². The van der Waals surface area contributed by atoms with Gasteiger partial charge in [0.25, 0.3) is 0 Å². The average molecular weight is 326 g/mol. The minimum absolute atomic E-state index is 0.273. The van der Waals surface area contributed by atoms with Crippen LogP contribution in [0.25, 0.3) is 17.2 Å². The molecule has 0 saturated heterocycles. The quantitative estimate of drug-likeness (QED) is 0.538. The minimum atomic E-state index is -0.453. The second-order valence-electron chi connectivity index (χ2n) is 5.57. The van der Waals surface area contributed by atoms with Crippen LogP contribution in [0.3, 0.4) is 0 Å². The molecule has 0 fully saturated rings. The zero-order chi connectivity index (χ0) is 17.1. The highest BCUT2D eigenvalue weighted by Crippen LogP contribution is 2.22. The minimum Gasteiger partial charge on any atom is -0.402 e. The Morgan fingerprint density at radius 2 is 1.52 bits per heavy atom. The third-order valence-corrected chi connectivity index (χ3v) is 3.85. The third kappa shape index (κ3) is 3.23. The van der Waals surface area contributed by atoms with Crippen molar-refractivity contribution in [2.75, 3.05) is 0 Å². The standard InChI is InChI=1S/C21H14N2O2/c24-21-19(13-15-5-4-12-22-14-15)23-20(25-21)18-10-8-17(9-11-18)16-6-2-1-3-7-16/h1-14H/b19-13+. The number of pyridine rings is 1. The van der Waals surface area contributed by atoms with Gasteiger partial charge in [0.05, 0.1) is 0 Å². The molecule has 0 radical (unpaired) electrons. The molecule has 0 N–H and O–H groups in total. The summed E-state index contributed by atoms with van der Waals surface area (Å²) < 4.78 is 5.30. The summed E-state index contributed by atoms with van der Waals surface area (Å²) in [4.78, 5) is 20.4. The molecule has 1 aliphatic heterocycles. The van der Waals surface area contributed by atoms with Crippen LogP contribution in [0.4, 0.5) is 0 Å². The maximum atomic E-state index is 12.0. The number of aliphatic imine (C=N–C) groups is 1. The number of hydrogen-bond acceptors (Lipinski definition) is 4. The highest BCUT2D eigenvalue weighted by atomic mass is 16.6. The molecule has 2 heterocycles. The van der Waals surface area contributed by atoms with Gasteiger partial charge in [-0.05, 0) is 41.0 Å². The van der Waals surface area contributed by atoms with Crippen LogP contribution in [0, 0.1) is 0 Å². The predicted octanol–water partition coefficient (Wildman–Crippen LogP) is 4.09. The lowest BCUT2D eigenvalue weighted by Gasteiger charge is -2.03. The number of rotatable bonds is 3. The highest BCUT2D eigenvalue weighted by Gasteiger charge is 2.24. The van der Waals surface area contributed by atoms with Gasteiger partial charge in [-0.1, -0.05) is 48.5 Å². The molecular weight excluding hydrogens is 312 g/mol. The van der Waals surface area contributed by atoms with Gasteiger partial charge < -0.3 is 4.74 Å². The Hall–Kier alpha value is -3.53. The number of hydrogen-bond donors (Lipinski definition) is 0. The van der Waals surface area contributed by atoms with Crippen molar-refractivity contribution in [3.8, 4) is 11.1 Å². The molecule has 2 aromatic carbocycles. The molecule has 4 heteroatoms. The number of cyclic esters (lactones) is 1. The summed E-state index contributed by atoms with van der Waals surface area (Å²) in [5.74, 6) is -0.134. The van der Waals surface area contributed by atoms with Gasteiger partial charge in [0.1, 0.15) is 0 Å². The van der Waals surface area contributed by atoms with E-state index in [1.165, 1.54) is 0 Å². The van der Waals surface area contributed by atoms with Crippen LogP contribution in [0.1, 0.15) is 11.1 Å². The number of ether oxygens (including phenoxy) is 1. The average Bonchev–Trinajstić information content (AvgIpc) is 3.04. The van der Waals surface area contributed by atoms with Crippen LogP contribution in [-0.2, 0) is 9.53 Å². The molecule has 0 unspecified atom stereocenters. The Kier molecular flexibility index (Phi) is 3.92. The van der Waals surface area contributed by atoms with Crippen molar-refractivity contribution in [3.05, 3.63) is 95.9 Å². The molecular formula is C21H14N2O2. The first-order valence-corrected chi connectivity index (χ1v) is 7.88. The second kappa shape index (κ2) is 6.53. The van der Waals surface area contributed by atoms with E-state index in [2.05, 4.69) is 22.1 Å². The van der Waals surface area contributed by atoms with Gasteiger partial charge in [-0.2, -0.15) is 0 Å². The molecule has 0 saturated carbocycles. The SMILES string of the molecule is O=C1OC(c2ccc(-c3ccccc3)cc2)=N/C1=C/c1cccnc1. The summed E-state index contributed by atoms with van der Waals surface area (Å²) in [7, 11) is 0. The molecule has 0 spiro atoms. The summed E-state index contributed by atoms with van der Waals surface area (Å²) in [6.45, 7) is 0. The Balaban J connectivity index is 1.61. The lowest BCUT2D eigenvalue weighted by molar-refractivity contribution is -0.129. The normalized spacial score (nSPS) is 15.1. The smallest absolute Gasteiger partial charge is 0.363 e. The van der Waals surface area contributed by atoms with Crippen molar-refractivity contribution in [2.24, 2.45) is 4.99 Å². The number of benzene rings is 2. The van der Waals surface area contributed by atoms with Crippen molar-refractivity contribution in [2.45, 2.75) is 0 Å². The van der Waals surface area contributed by atoms with E-state index in [0.717, 1.165) is 22.3 Å². The largest absolute Gasteiger partial charge is 0.402 e. The van der Waals surface area contributed by atoms with Gasteiger partial charge in [0, 0.05) is 18.0 Å². The summed E-state index contributed by atoms with van der Waals surface area (Å²) in [6, 6.07) is 21.5. The van der Waals surface area contributed by atoms with E-state index >= 15 is 0 Å². The summed E-state index contributed by atoms with van der Waals surface area (Å²) in [5, 5.41) is 0. The summed E-state index contributed by atoms with van der Waals surface area (Å²) in [5.41, 5.74) is 4.08. The zero-order valence-corrected chi connectivity index (χ0v) is 13.3. The lowest BCUT2D eigenvalue weighted by atomic mass is 10.0. The fourth-order valence-corrected chi connectivity index (χ4v) is 2.59. The first-order valence-electron chi connectivity index (χ1n) is 7.88. The maximum Gasteiger partial charge on any atom is 0.363 e. The van der Waals surface area contributed by atoms with E-state index in [1.54, 1.807) is 24.5 Å². The zero-order valence-electron chi connectivity index (χ0n) is 13.3. The monoisotopic (exact) mass is 326 g/mol. The van der Waals surface area contributed by atoms with Gasteiger partial charge in [-0.3, -0.25) is 4.98 Å². The number of carbonyl (C=O) groups is 1. The highest BCUT2D eigenvalue weighted by molar-refractivity contribution is 6.12. The maximum absolute atomic E-state index is 12.0. The Bertz CT molecular complexity index is 960. The van der Waals surface area contributed by atoms with Crippen LogP contribution < -0.4 is 0 Å². The molecule has 1 aliphatic rings. The molecule has 0 atom stereocenters. The molecule has 3 aromatic rings. The molecule has 0 aliphatic carbocycles. The first kappa shape index (κ1) is 15.0. The van der Waals surface area contributed by atoms with E-state index in [0.29, 0.717) is 5.90 Å². The molecule has 0 bridgehead atoms. The first-order chi connectivity index (χ1) is 12.3. The number of carbonyl (C=O) groups excluding carboxylic acids is 1. The molecule has 120 valence electrons. The second-order valence-corrected chi connectivity index (χ2v) is 5.57. The Labute approximate surface area is 145 Å². The van der Waals surface area contributed by atoms with E-state index in [9.17, 15) is 4.79 Å². The number of aromatic nitrogens is 1. The Morgan fingerprint density at radius 1 is 0.800 bits per heavy atom. The lowest BCUT2D eigenvalue weighted by Crippen LogP contribution is -2.05. The van der Waals surface area contributed by atoms with Gasteiger partial charge in [0.2, 0.25) is 5.90 Å². The van der Waals surface area contributed by atoms with Crippen molar-refractivity contribution in [3.63, 3.8) is 0 Å². The van der Waals surface area contributed by atoms with Crippen LogP contribution in [-0.4, -0.2) is 16.9 Å². The van der Waals surface area contributed by atoms with Crippen molar-refractivity contribution in [1.29, 1.82) is 0 Å². The third-order valence-electron chi connectivity index (χ3n) is 3.85. The summed E-state index contributed by atoms with van der Waals surface area (Å²) in [6.07, 6.45) is 5.01. The van der Waals surface area contributed by atoms with Gasteiger partial charge >= 0.3 is 5.97 Å². The van der Waals surface area contributed by atoms with E-state index in [-0.39, 0.29) is 5.70 Å². The van der Waals surface area contributed by atoms with Crippen LogP contribution >= 0.6 is 0 Å². The topological polar surface area (TPSA) is 51.5 Å². The van der Waals surface area contributed by atoms with E-state index < -0.39 is 5.97 Å². The number of nitrogens with zero attached hydrogens (tertiary/aromatic N) is 2. The molecule has 4 rings (SSSR count). The molecule has 0 amide bonds. The number of esters is 1. The molecule has 4 nitrogen and oxygen atoms in total. The predicted molar refractivity (Wildman–Crippen MR) is 96.7 cm³/mol. The van der Waals surface area contributed by atoms with Gasteiger partial charge in [-0.25, -0.2) is 9.79 Å². The van der Waals surface area contributed by atoms with Crippen molar-refractivity contribution < 1.29 is 9.53 Å². The van der Waals surface area contributed by atoms with Crippen molar-refractivity contribution in [1.82, 2.24) is 4.98 Å². The van der Waals surface area contributed by atoms with E-state index in [4.69, 9.17) is 4.74 Å². The summed E-state index contributed by atoms with van der Waals surface area (Å²) >= 11 is 0. The molecule has 1 aromatic heterocycles. The van der Waals surface area contributed by atoms with Gasteiger partial charge in [-0.15, -0.1) is 0 Å². The van der Waals surface area contributed by atoms with Crippen molar-refractivity contribution >= 4 is 17.9 Å². The molecule has 25 heavy (non-hydrogen) atoms. The fourth-order valence-electron chi connectivity index (χ4n) is 2.59. The fraction of sp³-hybridized carbons (Fsp3) is 0. The van der Waals surface area contributed by atoms with Crippen LogP contribution in [0.5, 0.6) is 0 Å². The van der Waals surface area contributed by atoms with Gasteiger partial charge in [0.15, 0.2) is 5.70 Å². The Morgan fingerprint density at radius 3 is 2.24 bits per heavy atom. The van der Waals surface area contributed by atoms with Crippen LogP contribution in [0.2, 0.25) is 0 Å². The van der Waals surface area contributed by atoms with Crippen LogP contribution in [0.15, 0.2) is 89.8 Å².